The van der Waals surface area contributed by atoms with E-state index in [1.54, 1.807) is 0 Å². The van der Waals surface area contributed by atoms with Crippen molar-refractivity contribution in [2.45, 2.75) is 25.3 Å². The van der Waals surface area contributed by atoms with E-state index in [0.29, 0.717) is 35.4 Å². The minimum atomic E-state index is 0.00809. The summed E-state index contributed by atoms with van der Waals surface area (Å²) in [7, 11) is 0. The van der Waals surface area contributed by atoms with Crippen LogP contribution < -0.4 is 10.5 Å². The van der Waals surface area contributed by atoms with Crippen LogP contribution in [0.4, 0.5) is 5.82 Å². The molecule has 144 valence electrons. The third-order valence-electron chi connectivity index (χ3n) is 5.19. The van der Waals surface area contributed by atoms with Crippen LogP contribution in [0.2, 0.25) is 0 Å². The first-order chi connectivity index (χ1) is 14.2. The zero-order valence-corrected chi connectivity index (χ0v) is 15.7. The first-order valence-corrected chi connectivity index (χ1v) is 9.53. The van der Waals surface area contributed by atoms with Crippen LogP contribution in [0.25, 0.3) is 22.3 Å². The summed E-state index contributed by atoms with van der Waals surface area (Å²) in [5.41, 5.74) is 8.43. The van der Waals surface area contributed by atoms with E-state index in [1.807, 2.05) is 59.3 Å². The Morgan fingerprint density at radius 1 is 1.00 bits per heavy atom. The Morgan fingerprint density at radius 2 is 1.76 bits per heavy atom. The van der Waals surface area contributed by atoms with E-state index in [0.717, 1.165) is 23.5 Å². The van der Waals surface area contributed by atoms with Crippen molar-refractivity contribution in [3.05, 3.63) is 60.9 Å². The highest BCUT2D eigenvalue weighted by Gasteiger charge is 2.28. The lowest BCUT2D eigenvalue weighted by Gasteiger charge is -2.09. The molecule has 1 atom stereocenters. The summed E-state index contributed by atoms with van der Waals surface area (Å²) in [5.74, 6) is 2.14. The van der Waals surface area contributed by atoms with E-state index in [4.69, 9.17) is 15.6 Å². The Labute approximate surface area is 167 Å². The summed E-state index contributed by atoms with van der Waals surface area (Å²) in [5, 5.41) is 5.50. The van der Waals surface area contributed by atoms with E-state index in [-0.39, 0.29) is 11.8 Å². The lowest BCUT2D eigenvalue weighted by molar-refractivity contribution is -0.117. The number of ketones is 1. The van der Waals surface area contributed by atoms with E-state index >= 15 is 0 Å². The monoisotopic (exact) mass is 385 g/mol. The van der Waals surface area contributed by atoms with Crippen LogP contribution in [0.1, 0.15) is 25.3 Å². The van der Waals surface area contributed by atoms with Gasteiger partial charge in [-0.2, -0.15) is 5.10 Å². The van der Waals surface area contributed by atoms with Crippen molar-refractivity contribution in [2.75, 3.05) is 5.73 Å². The number of benzene rings is 2. The molecule has 1 unspecified atom stereocenters. The van der Waals surface area contributed by atoms with Gasteiger partial charge in [-0.15, -0.1) is 0 Å². The second kappa shape index (κ2) is 7.01. The fourth-order valence-corrected chi connectivity index (χ4v) is 3.76. The maximum atomic E-state index is 11.8. The number of hydrogen-bond acceptors (Lipinski definition) is 6. The highest BCUT2D eigenvalue weighted by molar-refractivity contribution is 5.98. The number of ether oxygens (including phenoxy) is 1. The summed E-state index contributed by atoms with van der Waals surface area (Å²) in [6.45, 7) is 0. The van der Waals surface area contributed by atoms with Crippen molar-refractivity contribution in [1.82, 2.24) is 19.7 Å². The number of hydrogen-bond donors (Lipinski definition) is 1. The normalized spacial score (nSPS) is 16.4. The molecule has 1 aliphatic rings. The zero-order valence-electron chi connectivity index (χ0n) is 15.7. The lowest BCUT2D eigenvalue weighted by atomic mass is 10.1. The second-order valence-electron chi connectivity index (χ2n) is 7.13. The van der Waals surface area contributed by atoms with Crippen molar-refractivity contribution in [3.8, 4) is 22.8 Å². The Morgan fingerprint density at radius 3 is 2.48 bits per heavy atom. The van der Waals surface area contributed by atoms with Gasteiger partial charge in [0.15, 0.2) is 5.65 Å². The van der Waals surface area contributed by atoms with Crippen molar-refractivity contribution in [2.24, 2.45) is 0 Å². The average molecular weight is 385 g/mol. The molecule has 2 aromatic heterocycles. The van der Waals surface area contributed by atoms with Gasteiger partial charge in [-0.3, -0.25) is 4.79 Å². The molecule has 0 radical (unpaired) electrons. The number of Topliss-reactive ketones (excluding diaryl/α,β-unsaturated/α-hetero) is 1. The van der Waals surface area contributed by atoms with Crippen LogP contribution in [-0.4, -0.2) is 25.5 Å². The summed E-state index contributed by atoms with van der Waals surface area (Å²) in [4.78, 5) is 20.3. The Kier molecular flexibility index (Phi) is 4.20. The molecular formula is C22H19N5O2. The quantitative estimate of drug-likeness (QED) is 0.567. The second-order valence-corrected chi connectivity index (χ2v) is 7.13. The van der Waals surface area contributed by atoms with Crippen molar-refractivity contribution in [3.63, 3.8) is 0 Å². The first-order valence-electron chi connectivity index (χ1n) is 9.53. The lowest BCUT2D eigenvalue weighted by Crippen LogP contribution is -2.08. The maximum Gasteiger partial charge on any atom is 0.164 e. The molecule has 1 fully saturated rings. The number of rotatable bonds is 4. The molecule has 1 aliphatic carbocycles. The molecule has 2 N–H and O–H groups in total. The Balaban J connectivity index is 1.54. The zero-order chi connectivity index (χ0) is 19.8. The molecule has 0 amide bonds. The fourth-order valence-electron chi connectivity index (χ4n) is 3.76. The van der Waals surface area contributed by atoms with Crippen LogP contribution >= 0.6 is 0 Å². The molecule has 5 rings (SSSR count). The molecular weight excluding hydrogens is 366 g/mol. The summed E-state index contributed by atoms with van der Waals surface area (Å²) < 4.78 is 7.70. The van der Waals surface area contributed by atoms with Gasteiger partial charge in [-0.1, -0.05) is 18.2 Å². The predicted molar refractivity (Wildman–Crippen MR) is 110 cm³/mol. The number of nitrogen functional groups attached to an aromatic ring is 1. The third kappa shape index (κ3) is 3.20. The largest absolute Gasteiger partial charge is 0.457 e. The molecule has 0 bridgehead atoms. The van der Waals surface area contributed by atoms with Gasteiger partial charge in [-0.05, 0) is 42.8 Å². The number of anilines is 1. The summed E-state index contributed by atoms with van der Waals surface area (Å²) >= 11 is 0. The van der Waals surface area contributed by atoms with Gasteiger partial charge < -0.3 is 10.5 Å². The highest BCUT2D eigenvalue weighted by atomic mass is 16.5. The van der Waals surface area contributed by atoms with Crippen molar-refractivity contribution < 1.29 is 9.53 Å². The smallest absolute Gasteiger partial charge is 0.164 e. The van der Waals surface area contributed by atoms with Gasteiger partial charge in [-0.25, -0.2) is 14.6 Å². The van der Waals surface area contributed by atoms with Gasteiger partial charge in [0.1, 0.15) is 35.1 Å². The van der Waals surface area contributed by atoms with E-state index < -0.39 is 0 Å². The van der Waals surface area contributed by atoms with Gasteiger partial charge in [0.05, 0.1) is 11.4 Å². The summed E-state index contributed by atoms with van der Waals surface area (Å²) in [6.07, 6.45) is 3.26. The van der Waals surface area contributed by atoms with E-state index in [9.17, 15) is 4.79 Å². The average Bonchev–Trinajstić information content (AvgIpc) is 3.34. The minimum Gasteiger partial charge on any atom is -0.457 e. The standard InChI is InChI=1S/C22H19N5O2/c23-21-19-20(14-6-10-18(11-7-14)29-17-4-2-1-3-5-17)26-27(22(19)25-13-24-21)15-8-9-16(28)12-15/h1-7,10-11,13,15H,8-9,12H2,(H2,23,24,25). The molecule has 2 aromatic carbocycles. The molecule has 0 saturated heterocycles. The Bertz CT molecular complexity index is 1190. The Hall–Kier alpha value is -3.74. The van der Waals surface area contributed by atoms with E-state index in [1.165, 1.54) is 6.33 Å². The van der Waals surface area contributed by atoms with Gasteiger partial charge >= 0.3 is 0 Å². The number of fused-ring (bicyclic) bond motifs is 1. The van der Waals surface area contributed by atoms with Crippen LogP contribution in [0.15, 0.2) is 60.9 Å². The SMILES string of the molecule is Nc1ncnc2c1c(-c1ccc(Oc3ccccc3)cc1)nn2C1CCC(=O)C1. The summed E-state index contributed by atoms with van der Waals surface area (Å²) in [6, 6.07) is 17.3. The molecule has 7 heteroatoms. The van der Waals surface area contributed by atoms with Gasteiger partial charge in [0, 0.05) is 18.4 Å². The molecule has 0 aliphatic heterocycles. The van der Waals surface area contributed by atoms with Crippen LogP contribution in [-0.2, 0) is 4.79 Å². The van der Waals surface area contributed by atoms with Crippen LogP contribution in [0.5, 0.6) is 11.5 Å². The van der Waals surface area contributed by atoms with E-state index in [2.05, 4.69) is 9.97 Å². The molecule has 0 spiro atoms. The number of carbonyl (C=O) groups is 1. The number of aromatic nitrogens is 4. The number of para-hydroxylation sites is 1. The van der Waals surface area contributed by atoms with Crippen LogP contribution in [0.3, 0.4) is 0 Å². The van der Waals surface area contributed by atoms with Crippen molar-refractivity contribution >= 4 is 22.6 Å². The van der Waals surface area contributed by atoms with Crippen molar-refractivity contribution in [1.29, 1.82) is 0 Å². The van der Waals surface area contributed by atoms with Gasteiger partial charge in [0.2, 0.25) is 0 Å². The highest BCUT2D eigenvalue weighted by Crippen LogP contribution is 2.36. The minimum absolute atomic E-state index is 0.00809. The predicted octanol–water partition coefficient (Wildman–Crippen LogP) is 4.16. The molecule has 2 heterocycles. The number of carbonyl (C=O) groups excluding carboxylic acids is 1. The first kappa shape index (κ1) is 17.4. The molecule has 29 heavy (non-hydrogen) atoms. The van der Waals surface area contributed by atoms with Gasteiger partial charge in [0.25, 0.3) is 0 Å². The third-order valence-corrected chi connectivity index (χ3v) is 5.19. The molecule has 4 aromatic rings. The topological polar surface area (TPSA) is 95.9 Å². The molecule has 7 nitrogen and oxygen atoms in total. The molecule has 1 saturated carbocycles. The maximum absolute atomic E-state index is 11.8. The van der Waals surface area contributed by atoms with Crippen LogP contribution in [0, 0.1) is 0 Å². The number of nitrogens with zero attached hydrogens (tertiary/aromatic N) is 4. The number of nitrogens with two attached hydrogens (primary N) is 1. The fraction of sp³-hybridized carbons (Fsp3) is 0.182.